The Balaban J connectivity index is 2.30. The van der Waals surface area contributed by atoms with Crippen LogP contribution in [0.2, 0.25) is 0 Å². The van der Waals surface area contributed by atoms with Gasteiger partial charge in [0.2, 0.25) is 0 Å². The minimum Gasteiger partial charge on any atom is -0.307 e. The van der Waals surface area contributed by atoms with Crippen molar-refractivity contribution in [2.75, 3.05) is 0 Å². The molecule has 0 unspecified atom stereocenters. The lowest BCUT2D eigenvalue weighted by Gasteiger charge is -2.08. The monoisotopic (exact) mass is 262 g/mol. The van der Waals surface area contributed by atoms with Gasteiger partial charge in [-0.25, -0.2) is 4.68 Å². The third-order valence-electron chi connectivity index (χ3n) is 3.23. The second kappa shape index (κ2) is 5.06. The van der Waals surface area contributed by atoms with E-state index in [-0.39, 0.29) is 0 Å². The van der Waals surface area contributed by atoms with E-state index in [1.165, 1.54) is 0 Å². The number of nitrogens with zero attached hydrogens (tertiary/aromatic N) is 4. The molecule has 4 nitrogen and oxygen atoms in total. The summed E-state index contributed by atoms with van der Waals surface area (Å²) in [6.45, 7) is 2.01. The molecule has 0 aliphatic carbocycles. The molecule has 0 amide bonds. The van der Waals surface area contributed by atoms with Gasteiger partial charge in [-0.05, 0) is 30.7 Å². The summed E-state index contributed by atoms with van der Waals surface area (Å²) in [7, 11) is 0. The van der Waals surface area contributed by atoms with Crippen molar-refractivity contribution in [1.82, 2.24) is 14.3 Å². The first-order valence-electron chi connectivity index (χ1n) is 6.56. The first-order valence-corrected chi connectivity index (χ1v) is 6.56. The number of nitriles is 1. The van der Waals surface area contributed by atoms with E-state index < -0.39 is 0 Å². The minimum atomic E-state index is 0.632. The van der Waals surface area contributed by atoms with Gasteiger partial charge >= 0.3 is 0 Å². The fraction of sp³-hybridized carbons (Fsp3) is 0.125. The van der Waals surface area contributed by atoms with Gasteiger partial charge in [-0.15, -0.1) is 0 Å². The Hall–Kier alpha value is -2.80. The maximum absolute atomic E-state index is 9.47. The molecule has 0 atom stereocenters. The van der Waals surface area contributed by atoms with E-state index >= 15 is 0 Å². The predicted octanol–water partition coefficient (Wildman–Crippen LogP) is 3.10. The van der Waals surface area contributed by atoms with E-state index in [0.717, 1.165) is 23.6 Å². The molecular weight excluding hydrogens is 248 g/mol. The van der Waals surface area contributed by atoms with Crippen molar-refractivity contribution in [2.45, 2.75) is 13.3 Å². The molecular formula is C16H14N4. The van der Waals surface area contributed by atoms with E-state index in [1.54, 1.807) is 0 Å². The second-order valence-corrected chi connectivity index (χ2v) is 4.45. The highest BCUT2D eigenvalue weighted by atomic mass is 15.3. The van der Waals surface area contributed by atoms with Crippen molar-refractivity contribution in [1.29, 1.82) is 5.26 Å². The van der Waals surface area contributed by atoms with E-state index in [4.69, 9.17) is 0 Å². The minimum absolute atomic E-state index is 0.632. The number of hydrogen-bond donors (Lipinski definition) is 0. The molecule has 0 aliphatic rings. The maximum Gasteiger partial charge on any atom is 0.158 e. The topological polar surface area (TPSA) is 46.5 Å². The zero-order chi connectivity index (χ0) is 13.9. The Morgan fingerprint density at radius 2 is 1.80 bits per heavy atom. The molecule has 1 aromatic carbocycles. The molecule has 0 bridgehead atoms. The quantitative estimate of drug-likeness (QED) is 0.728. The van der Waals surface area contributed by atoms with Crippen LogP contribution in [0, 0.1) is 11.3 Å². The lowest BCUT2D eigenvalue weighted by Crippen LogP contribution is -2.04. The Morgan fingerprint density at radius 3 is 2.40 bits per heavy atom. The zero-order valence-corrected chi connectivity index (χ0v) is 11.2. The van der Waals surface area contributed by atoms with Crippen LogP contribution in [0.25, 0.3) is 11.5 Å². The van der Waals surface area contributed by atoms with Gasteiger partial charge in [-0.2, -0.15) is 10.4 Å². The number of aryl methyl sites for hydroxylation is 1. The van der Waals surface area contributed by atoms with Gasteiger partial charge in [0.05, 0.1) is 11.4 Å². The van der Waals surface area contributed by atoms with Gasteiger partial charge in [0.1, 0.15) is 11.6 Å². The summed E-state index contributed by atoms with van der Waals surface area (Å²) in [6.07, 6.45) is 4.59. The number of hydrogen-bond acceptors (Lipinski definition) is 2. The van der Waals surface area contributed by atoms with Crippen LogP contribution >= 0.6 is 0 Å². The van der Waals surface area contributed by atoms with Crippen LogP contribution in [0.5, 0.6) is 0 Å². The van der Waals surface area contributed by atoms with Gasteiger partial charge < -0.3 is 4.57 Å². The SMILES string of the molecule is CCc1nn(-c2ccccc2)c(-n2cccc2)c1C#N. The summed E-state index contributed by atoms with van der Waals surface area (Å²) in [4.78, 5) is 0. The summed E-state index contributed by atoms with van der Waals surface area (Å²) in [5, 5.41) is 14.1. The number of rotatable bonds is 3. The molecule has 0 spiro atoms. The van der Waals surface area contributed by atoms with Crippen LogP contribution in [0.3, 0.4) is 0 Å². The predicted molar refractivity (Wildman–Crippen MR) is 77.0 cm³/mol. The molecule has 0 saturated heterocycles. The Labute approximate surface area is 117 Å². The van der Waals surface area contributed by atoms with E-state index in [9.17, 15) is 5.26 Å². The van der Waals surface area contributed by atoms with E-state index in [1.807, 2.05) is 71.0 Å². The molecule has 2 heterocycles. The normalized spacial score (nSPS) is 10.4. The summed E-state index contributed by atoms with van der Waals surface area (Å²) >= 11 is 0. The molecule has 20 heavy (non-hydrogen) atoms. The van der Waals surface area contributed by atoms with Crippen molar-refractivity contribution < 1.29 is 0 Å². The molecule has 0 radical (unpaired) electrons. The molecule has 98 valence electrons. The average molecular weight is 262 g/mol. The zero-order valence-electron chi connectivity index (χ0n) is 11.2. The van der Waals surface area contributed by atoms with Crippen molar-refractivity contribution in [2.24, 2.45) is 0 Å². The summed E-state index contributed by atoms with van der Waals surface area (Å²) in [6, 6.07) is 16.0. The van der Waals surface area contributed by atoms with Crippen molar-refractivity contribution in [3.05, 3.63) is 66.1 Å². The maximum atomic E-state index is 9.47. The van der Waals surface area contributed by atoms with Gasteiger partial charge in [-0.3, -0.25) is 0 Å². The molecule has 0 fully saturated rings. The molecule has 0 saturated carbocycles. The first kappa shape index (κ1) is 12.2. The average Bonchev–Trinajstić information content (AvgIpc) is 3.14. The highest BCUT2D eigenvalue weighted by Gasteiger charge is 2.18. The van der Waals surface area contributed by atoms with Gasteiger partial charge in [0.15, 0.2) is 5.82 Å². The largest absolute Gasteiger partial charge is 0.307 e. The van der Waals surface area contributed by atoms with Gasteiger partial charge in [0.25, 0.3) is 0 Å². The fourth-order valence-corrected chi connectivity index (χ4v) is 2.28. The van der Waals surface area contributed by atoms with Gasteiger partial charge in [0, 0.05) is 12.4 Å². The molecule has 2 aromatic heterocycles. The number of para-hydroxylation sites is 1. The highest BCUT2D eigenvalue weighted by molar-refractivity contribution is 5.52. The van der Waals surface area contributed by atoms with Crippen molar-refractivity contribution in [3.63, 3.8) is 0 Å². The molecule has 0 aliphatic heterocycles. The van der Waals surface area contributed by atoms with Crippen LogP contribution in [-0.4, -0.2) is 14.3 Å². The Morgan fingerprint density at radius 1 is 1.10 bits per heavy atom. The van der Waals surface area contributed by atoms with Crippen molar-refractivity contribution in [3.8, 4) is 17.6 Å². The van der Waals surface area contributed by atoms with E-state index in [2.05, 4.69) is 11.2 Å². The van der Waals surface area contributed by atoms with Crippen molar-refractivity contribution >= 4 is 0 Å². The smallest absolute Gasteiger partial charge is 0.158 e. The number of benzene rings is 1. The summed E-state index contributed by atoms with van der Waals surface area (Å²) in [5.41, 5.74) is 2.40. The van der Waals surface area contributed by atoms with E-state index in [0.29, 0.717) is 5.56 Å². The Kier molecular flexibility index (Phi) is 3.10. The number of aromatic nitrogens is 3. The van der Waals surface area contributed by atoms with Crippen LogP contribution in [0.1, 0.15) is 18.2 Å². The second-order valence-electron chi connectivity index (χ2n) is 4.45. The third-order valence-corrected chi connectivity index (χ3v) is 3.23. The van der Waals surface area contributed by atoms with Crippen LogP contribution < -0.4 is 0 Å². The summed E-state index contributed by atoms with van der Waals surface area (Å²) < 4.78 is 3.76. The van der Waals surface area contributed by atoms with Crippen LogP contribution in [-0.2, 0) is 6.42 Å². The standard InChI is InChI=1S/C16H14N4/c1-2-15-14(12-17)16(19-10-6-7-11-19)20(18-15)13-8-4-3-5-9-13/h3-11H,2H2,1H3. The molecule has 3 aromatic rings. The van der Waals surface area contributed by atoms with Crippen LogP contribution in [0.15, 0.2) is 54.9 Å². The lowest BCUT2D eigenvalue weighted by molar-refractivity contribution is 0.803. The first-order chi connectivity index (χ1) is 9.85. The third kappa shape index (κ3) is 1.90. The highest BCUT2D eigenvalue weighted by Crippen LogP contribution is 2.22. The van der Waals surface area contributed by atoms with Gasteiger partial charge in [-0.1, -0.05) is 25.1 Å². The summed E-state index contributed by atoms with van der Waals surface area (Å²) in [5.74, 6) is 0.792. The van der Waals surface area contributed by atoms with Crippen LogP contribution in [0.4, 0.5) is 0 Å². The fourth-order valence-electron chi connectivity index (χ4n) is 2.28. The Bertz CT molecular complexity index is 746. The molecule has 4 heteroatoms. The molecule has 3 rings (SSSR count). The molecule has 0 N–H and O–H groups in total. The lowest BCUT2D eigenvalue weighted by atomic mass is 10.2.